The number of unbranched alkanes of at least 4 members (excludes halogenated alkanes) is 12. The van der Waals surface area contributed by atoms with E-state index in [-0.39, 0.29) is 26.1 Å². The van der Waals surface area contributed by atoms with Crippen LogP contribution in [0.15, 0.2) is 60.8 Å². The van der Waals surface area contributed by atoms with Gasteiger partial charge >= 0.3 is 19.8 Å². The summed E-state index contributed by atoms with van der Waals surface area (Å²) in [6.45, 7) is 4.21. The van der Waals surface area contributed by atoms with E-state index < -0.39 is 32.5 Å². The highest BCUT2D eigenvalue weighted by atomic mass is 31.2. The van der Waals surface area contributed by atoms with Crippen molar-refractivity contribution in [3.63, 3.8) is 0 Å². The molecule has 1 N–H and O–H groups in total. The molecule has 53 heavy (non-hydrogen) atoms. The number of carbonyl (C=O) groups is 2. The smallest absolute Gasteiger partial charge is 0.462 e. The van der Waals surface area contributed by atoms with Crippen molar-refractivity contribution in [2.75, 3.05) is 47.5 Å². The molecule has 0 aliphatic rings. The van der Waals surface area contributed by atoms with Gasteiger partial charge in [0.15, 0.2) is 6.10 Å². The molecule has 0 rings (SSSR count). The first-order valence-corrected chi connectivity index (χ1v) is 22.0. The molecule has 0 fully saturated rings. The number of likely N-dealkylation sites (N-methyl/N-ethyl adjacent to an activating group) is 1. The number of hydrogen-bond acceptors (Lipinski definition) is 7. The van der Waals surface area contributed by atoms with E-state index in [1.807, 2.05) is 21.1 Å². The quantitative estimate of drug-likeness (QED) is 0.0221. The van der Waals surface area contributed by atoms with Gasteiger partial charge in [-0.2, -0.15) is 0 Å². The van der Waals surface area contributed by atoms with E-state index in [1.54, 1.807) is 0 Å². The van der Waals surface area contributed by atoms with E-state index in [9.17, 15) is 19.0 Å². The standard InChI is InChI=1S/C43H76NO8P/c1-6-8-10-12-14-16-18-20-22-24-26-28-30-32-34-36-43(46)52-41(40-51-53(47,48)50-38-37-44(3,4)5)39-49-42(45)35-33-31-29-27-25-23-21-19-17-15-13-11-9-7-2/h8,10,14,16,19-22,26,28,41H,6-7,9,11-13,15,17-18,23-25,27,29-40H2,1-5H3/p+1/b10-8-,16-14-,21-19-,22-20-,28-26-/t41-/m1/s1. The largest absolute Gasteiger partial charge is 0.472 e. The van der Waals surface area contributed by atoms with Gasteiger partial charge in [0.2, 0.25) is 0 Å². The second kappa shape index (κ2) is 35.4. The summed E-state index contributed by atoms with van der Waals surface area (Å²) in [6, 6.07) is 0. The van der Waals surface area contributed by atoms with Gasteiger partial charge in [0.1, 0.15) is 19.8 Å². The number of quaternary nitrogens is 1. The van der Waals surface area contributed by atoms with Crippen LogP contribution in [0.2, 0.25) is 0 Å². The Labute approximate surface area is 324 Å². The maximum absolute atomic E-state index is 12.6. The first-order chi connectivity index (χ1) is 25.5. The molecule has 2 atom stereocenters. The Morgan fingerprint density at radius 2 is 1.08 bits per heavy atom. The summed E-state index contributed by atoms with van der Waals surface area (Å²) in [7, 11) is 1.43. The summed E-state index contributed by atoms with van der Waals surface area (Å²) < 4.78 is 34.2. The second-order valence-electron chi connectivity index (χ2n) is 14.6. The van der Waals surface area contributed by atoms with E-state index in [1.165, 1.54) is 38.5 Å². The Kier molecular flexibility index (Phi) is 33.9. The molecular formula is C43H77NO8P+. The monoisotopic (exact) mass is 767 g/mol. The fraction of sp³-hybridized carbons (Fsp3) is 0.721. The van der Waals surface area contributed by atoms with E-state index in [2.05, 4.69) is 74.6 Å². The molecule has 9 nitrogen and oxygen atoms in total. The molecule has 0 aliphatic heterocycles. The highest BCUT2D eigenvalue weighted by molar-refractivity contribution is 7.47. The van der Waals surface area contributed by atoms with E-state index in [0.29, 0.717) is 17.4 Å². The molecule has 0 spiro atoms. The number of hydrogen-bond donors (Lipinski definition) is 1. The van der Waals surface area contributed by atoms with Gasteiger partial charge in [-0.15, -0.1) is 0 Å². The zero-order valence-corrected chi connectivity index (χ0v) is 35.1. The SMILES string of the molecule is CC/C=C\C/C=C\C/C=C\C/C=C\CCCCC(=O)O[C@H](COC(=O)CCCCCCC/C=C\CCCCCCC)COP(=O)(O)OCC[N+](C)(C)C. The van der Waals surface area contributed by atoms with Crippen LogP contribution in [-0.4, -0.2) is 74.9 Å². The van der Waals surface area contributed by atoms with Crippen LogP contribution >= 0.6 is 7.82 Å². The lowest BCUT2D eigenvalue weighted by Gasteiger charge is -2.24. The molecule has 0 aromatic carbocycles. The lowest BCUT2D eigenvalue weighted by Crippen LogP contribution is -2.37. The summed E-state index contributed by atoms with van der Waals surface area (Å²) in [4.78, 5) is 35.2. The maximum atomic E-state index is 12.6. The van der Waals surface area contributed by atoms with Crippen molar-refractivity contribution < 1.29 is 42.1 Å². The van der Waals surface area contributed by atoms with Gasteiger partial charge in [0.05, 0.1) is 27.7 Å². The van der Waals surface area contributed by atoms with Gasteiger partial charge in [-0.3, -0.25) is 18.6 Å². The number of carbonyl (C=O) groups excluding carboxylic acids is 2. The minimum atomic E-state index is -4.39. The molecule has 0 radical (unpaired) electrons. The fourth-order valence-electron chi connectivity index (χ4n) is 5.06. The molecule has 0 bridgehead atoms. The van der Waals surface area contributed by atoms with Crippen molar-refractivity contribution in [2.24, 2.45) is 0 Å². The number of esters is 2. The molecule has 0 saturated heterocycles. The maximum Gasteiger partial charge on any atom is 0.472 e. The molecule has 10 heteroatoms. The molecular weight excluding hydrogens is 689 g/mol. The summed E-state index contributed by atoms with van der Waals surface area (Å²) in [5.74, 6) is -0.863. The van der Waals surface area contributed by atoms with Crippen molar-refractivity contribution in [3.8, 4) is 0 Å². The van der Waals surface area contributed by atoms with Crippen LogP contribution in [-0.2, 0) is 32.7 Å². The molecule has 0 aromatic rings. The number of allylic oxidation sites excluding steroid dienone is 10. The summed E-state index contributed by atoms with van der Waals surface area (Å²) >= 11 is 0. The van der Waals surface area contributed by atoms with Crippen LogP contribution in [0, 0.1) is 0 Å². The predicted octanol–water partition coefficient (Wildman–Crippen LogP) is 11.3. The molecule has 1 unspecified atom stereocenters. The van der Waals surface area contributed by atoms with Crippen molar-refractivity contribution in [3.05, 3.63) is 60.8 Å². The van der Waals surface area contributed by atoms with Crippen molar-refractivity contribution >= 4 is 19.8 Å². The fourth-order valence-corrected chi connectivity index (χ4v) is 5.80. The van der Waals surface area contributed by atoms with Gasteiger partial charge in [-0.05, 0) is 77.0 Å². The van der Waals surface area contributed by atoms with Gasteiger partial charge in [0, 0.05) is 12.8 Å². The number of phosphoric ester groups is 1. The molecule has 0 aliphatic carbocycles. The second-order valence-corrected chi connectivity index (χ2v) is 16.1. The van der Waals surface area contributed by atoms with Gasteiger partial charge in [-0.25, -0.2) is 4.57 Å². The first-order valence-electron chi connectivity index (χ1n) is 20.5. The van der Waals surface area contributed by atoms with Gasteiger partial charge in [-0.1, -0.05) is 120 Å². The molecule has 0 saturated carbocycles. The average Bonchev–Trinajstić information content (AvgIpc) is 3.10. The minimum absolute atomic E-state index is 0.0197. The third-order valence-electron chi connectivity index (χ3n) is 8.28. The van der Waals surface area contributed by atoms with E-state index in [0.717, 1.165) is 77.0 Å². The van der Waals surface area contributed by atoms with Crippen LogP contribution in [0.3, 0.4) is 0 Å². The minimum Gasteiger partial charge on any atom is -0.462 e. The van der Waals surface area contributed by atoms with Crippen LogP contribution in [0.5, 0.6) is 0 Å². The third kappa shape index (κ3) is 39.2. The average molecular weight is 767 g/mol. The van der Waals surface area contributed by atoms with Crippen LogP contribution in [0.1, 0.15) is 149 Å². The predicted molar refractivity (Wildman–Crippen MR) is 219 cm³/mol. The Balaban J connectivity index is 4.50. The summed E-state index contributed by atoms with van der Waals surface area (Å²) in [5, 5.41) is 0. The summed E-state index contributed by atoms with van der Waals surface area (Å²) in [6.07, 6.45) is 41.3. The van der Waals surface area contributed by atoms with Crippen LogP contribution < -0.4 is 0 Å². The highest BCUT2D eigenvalue weighted by Gasteiger charge is 2.27. The van der Waals surface area contributed by atoms with E-state index >= 15 is 0 Å². The van der Waals surface area contributed by atoms with Crippen molar-refractivity contribution in [2.45, 2.75) is 155 Å². The topological polar surface area (TPSA) is 108 Å². The first kappa shape index (κ1) is 50.7. The van der Waals surface area contributed by atoms with Crippen molar-refractivity contribution in [1.82, 2.24) is 0 Å². The lowest BCUT2D eigenvalue weighted by atomic mass is 10.1. The number of ether oxygens (including phenoxy) is 2. The number of rotatable bonds is 36. The molecule has 0 amide bonds. The lowest BCUT2D eigenvalue weighted by molar-refractivity contribution is -0.870. The zero-order chi connectivity index (χ0) is 39.3. The van der Waals surface area contributed by atoms with Crippen LogP contribution in [0.4, 0.5) is 0 Å². The van der Waals surface area contributed by atoms with E-state index in [4.69, 9.17) is 18.5 Å². The van der Waals surface area contributed by atoms with Crippen LogP contribution in [0.25, 0.3) is 0 Å². The Morgan fingerprint density at radius 1 is 0.604 bits per heavy atom. The summed E-state index contributed by atoms with van der Waals surface area (Å²) in [5.41, 5.74) is 0. The Morgan fingerprint density at radius 3 is 1.66 bits per heavy atom. The molecule has 306 valence electrons. The van der Waals surface area contributed by atoms with Gasteiger partial charge < -0.3 is 18.9 Å². The van der Waals surface area contributed by atoms with Gasteiger partial charge in [0.25, 0.3) is 0 Å². The Hall–Kier alpha value is -2.29. The number of nitrogens with zero attached hydrogens (tertiary/aromatic N) is 1. The zero-order valence-electron chi connectivity index (χ0n) is 34.2. The Bertz CT molecular complexity index is 1090. The number of phosphoric acid groups is 1. The molecule has 0 heterocycles. The third-order valence-corrected chi connectivity index (χ3v) is 9.27. The normalized spacial score (nSPS) is 14.3. The van der Waals surface area contributed by atoms with Crippen molar-refractivity contribution in [1.29, 1.82) is 0 Å². The molecule has 0 aromatic heterocycles. The highest BCUT2D eigenvalue weighted by Crippen LogP contribution is 2.43.